The molecule has 20 heavy (non-hydrogen) atoms. The topological polar surface area (TPSA) is 70.3 Å². The highest BCUT2D eigenvalue weighted by molar-refractivity contribution is 5.72. The van der Waals surface area contributed by atoms with Crippen molar-refractivity contribution in [2.75, 3.05) is 0 Å². The van der Waals surface area contributed by atoms with Gasteiger partial charge in [0.2, 0.25) is 0 Å². The number of nitriles is 1. The SMILES string of the molecule is CC(Oc1cccc(-c2cccc(C#N)c2)c1)C(=O)O. The average molecular weight is 267 g/mol. The molecule has 0 heterocycles. The van der Waals surface area contributed by atoms with Crippen molar-refractivity contribution in [3.05, 3.63) is 54.1 Å². The van der Waals surface area contributed by atoms with Crippen LogP contribution in [0.1, 0.15) is 12.5 Å². The summed E-state index contributed by atoms with van der Waals surface area (Å²) >= 11 is 0. The van der Waals surface area contributed by atoms with E-state index in [0.717, 1.165) is 11.1 Å². The Kier molecular flexibility index (Phi) is 4.02. The summed E-state index contributed by atoms with van der Waals surface area (Å²) in [5.41, 5.74) is 2.34. The summed E-state index contributed by atoms with van der Waals surface area (Å²) in [6, 6.07) is 16.4. The van der Waals surface area contributed by atoms with E-state index in [2.05, 4.69) is 6.07 Å². The van der Waals surface area contributed by atoms with E-state index in [4.69, 9.17) is 15.1 Å². The van der Waals surface area contributed by atoms with Gasteiger partial charge in [0.25, 0.3) is 0 Å². The Bertz CT molecular complexity index is 673. The fraction of sp³-hybridized carbons (Fsp3) is 0.125. The summed E-state index contributed by atoms with van der Waals surface area (Å²) in [6.45, 7) is 1.48. The van der Waals surface area contributed by atoms with Crippen LogP contribution in [0.15, 0.2) is 48.5 Å². The van der Waals surface area contributed by atoms with Crippen LogP contribution in [0.3, 0.4) is 0 Å². The Morgan fingerprint density at radius 1 is 1.20 bits per heavy atom. The van der Waals surface area contributed by atoms with Crippen LogP contribution in [0.2, 0.25) is 0 Å². The van der Waals surface area contributed by atoms with E-state index < -0.39 is 12.1 Å². The summed E-state index contributed by atoms with van der Waals surface area (Å²) in [4.78, 5) is 10.8. The number of ether oxygens (including phenoxy) is 1. The Balaban J connectivity index is 2.30. The smallest absolute Gasteiger partial charge is 0.344 e. The monoisotopic (exact) mass is 267 g/mol. The quantitative estimate of drug-likeness (QED) is 0.924. The number of carbonyl (C=O) groups is 1. The summed E-state index contributed by atoms with van der Waals surface area (Å²) < 4.78 is 5.33. The zero-order valence-electron chi connectivity index (χ0n) is 10.9. The molecule has 0 amide bonds. The van der Waals surface area contributed by atoms with Crippen molar-refractivity contribution in [1.29, 1.82) is 5.26 Å². The number of carboxylic acids is 1. The van der Waals surface area contributed by atoms with Gasteiger partial charge in [0.05, 0.1) is 11.6 Å². The Morgan fingerprint density at radius 2 is 1.85 bits per heavy atom. The highest BCUT2D eigenvalue weighted by Crippen LogP contribution is 2.25. The van der Waals surface area contributed by atoms with Gasteiger partial charge in [-0.05, 0) is 42.3 Å². The van der Waals surface area contributed by atoms with Crippen molar-refractivity contribution in [3.8, 4) is 22.9 Å². The minimum absolute atomic E-state index is 0.486. The summed E-state index contributed by atoms with van der Waals surface area (Å²) in [7, 11) is 0. The molecule has 4 heteroatoms. The molecule has 0 spiro atoms. The summed E-state index contributed by atoms with van der Waals surface area (Å²) in [6.07, 6.45) is -0.907. The molecular weight excluding hydrogens is 254 g/mol. The molecule has 100 valence electrons. The van der Waals surface area contributed by atoms with Gasteiger partial charge < -0.3 is 9.84 Å². The average Bonchev–Trinajstić information content (AvgIpc) is 2.47. The molecule has 4 nitrogen and oxygen atoms in total. The van der Waals surface area contributed by atoms with E-state index >= 15 is 0 Å². The van der Waals surface area contributed by atoms with Gasteiger partial charge in [-0.15, -0.1) is 0 Å². The van der Waals surface area contributed by atoms with Crippen LogP contribution >= 0.6 is 0 Å². The van der Waals surface area contributed by atoms with Crippen molar-refractivity contribution in [2.24, 2.45) is 0 Å². The van der Waals surface area contributed by atoms with E-state index in [1.165, 1.54) is 6.92 Å². The first-order chi connectivity index (χ1) is 9.60. The van der Waals surface area contributed by atoms with Crippen molar-refractivity contribution in [2.45, 2.75) is 13.0 Å². The first-order valence-corrected chi connectivity index (χ1v) is 6.10. The van der Waals surface area contributed by atoms with Gasteiger partial charge in [0.15, 0.2) is 6.10 Å². The maximum atomic E-state index is 10.8. The molecule has 0 saturated carbocycles. The molecule has 0 radical (unpaired) electrons. The molecule has 0 aliphatic carbocycles. The van der Waals surface area contributed by atoms with Crippen molar-refractivity contribution >= 4 is 5.97 Å². The first kappa shape index (κ1) is 13.6. The second-order valence-corrected chi connectivity index (χ2v) is 4.32. The van der Waals surface area contributed by atoms with Gasteiger partial charge in [-0.1, -0.05) is 24.3 Å². The van der Waals surface area contributed by atoms with Gasteiger partial charge in [-0.2, -0.15) is 5.26 Å². The standard InChI is InChI=1S/C16H13NO3/c1-11(16(18)19)20-15-7-3-6-14(9-15)13-5-2-4-12(8-13)10-17/h2-9,11H,1H3,(H,18,19). The Labute approximate surface area is 116 Å². The number of carboxylic acid groups (broad SMARTS) is 1. The minimum Gasteiger partial charge on any atom is -0.479 e. The normalized spacial score (nSPS) is 11.4. The molecule has 0 aliphatic heterocycles. The molecule has 2 aromatic rings. The van der Waals surface area contributed by atoms with Gasteiger partial charge in [-0.25, -0.2) is 4.79 Å². The number of hydrogen-bond donors (Lipinski definition) is 1. The molecule has 0 saturated heterocycles. The highest BCUT2D eigenvalue weighted by Gasteiger charge is 2.12. The number of nitrogens with zero attached hydrogens (tertiary/aromatic N) is 1. The lowest BCUT2D eigenvalue weighted by molar-refractivity contribution is -0.144. The molecule has 0 aromatic heterocycles. The van der Waals surface area contributed by atoms with Crippen LogP contribution in [-0.4, -0.2) is 17.2 Å². The zero-order valence-corrected chi connectivity index (χ0v) is 10.9. The van der Waals surface area contributed by atoms with E-state index in [-0.39, 0.29) is 0 Å². The fourth-order valence-electron chi connectivity index (χ4n) is 1.77. The summed E-state index contributed by atoms with van der Waals surface area (Å²) in [5.74, 6) is -0.526. The maximum absolute atomic E-state index is 10.8. The Hall–Kier alpha value is -2.80. The number of benzene rings is 2. The van der Waals surface area contributed by atoms with Gasteiger partial charge in [-0.3, -0.25) is 0 Å². The van der Waals surface area contributed by atoms with E-state index in [9.17, 15) is 4.79 Å². The third kappa shape index (κ3) is 3.15. The molecule has 2 aromatic carbocycles. The van der Waals surface area contributed by atoms with Crippen molar-refractivity contribution in [1.82, 2.24) is 0 Å². The second kappa shape index (κ2) is 5.89. The molecule has 0 bridgehead atoms. The van der Waals surface area contributed by atoms with Crippen LogP contribution in [0, 0.1) is 11.3 Å². The van der Waals surface area contributed by atoms with E-state index in [1.807, 2.05) is 12.1 Å². The summed E-state index contributed by atoms with van der Waals surface area (Å²) in [5, 5.41) is 17.7. The Morgan fingerprint density at radius 3 is 2.50 bits per heavy atom. The molecule has 0 aliphatic rings. The number of hydrogen-bond acceptors (Lipinski definition) is 3. The second-order valence-electron chi connectivity index (χ2n) is 4.32. The molecular formula is C16H13NO3. The van der Waals surface area contributed by atoms with Gasteiger partial charge >= 0.3 is 5.97 Å². The van der Waals surface area contributed by atoms with Crippen LogP contribution in [0.25, 0.3) is 11.1 Å². The first-order valence-electron chi connectivity index (χ1n) is 6.10. The lowest BCUT2D eigenvalue weighted by atomic mass is 10.0. The highest BCUT2D eigenvalue weighted by atomic mass is 16.5. The largest absolute Gasteiger partial charge is 0.479 e. The molecule has 1 unspecified atom stereocenters. The van der Waals surface area contributed by atoms with Crippen LogP contribution in [0.5, 0.6) is 5.75 Å². The fourth-order valence-corrected chi connectivity index (χ4v) is 1.77. The predicted molar refractivity (Wildman–Crippen MR) is 74.3 cm³/mol. The molecule has 1 atom stereocenters. The van der Waals surface area contributed by atoms with Crippen LogP contribution < -0.4 is 4.74 Å². The van der Waals surface area contributed by atoms with Crippen LogP contribution in [-0.2, 0) is 4.79 Å². The zero-order chi connectivity index (χ0) is 14.5. The van der Waals surface area contributed by atoms with Crippen molar-refractivity contribution in [3.63, 3.8) is 0 Å². The third-order valence-electron chi connectivity index (χ3n) is 2.82. The molecule has 1 N–H and O–H groups in total. The molecule has 0 fully saturated rings. The maximum Gasteiger partial charge on any atom is 0.344 e. The number of aliphatic carboxylic acids is 1. The van der Waals surface area contributed by atoms with Crippen molar-refractivity contribution < 1.29 is 14.6 Å². The minimum atomic E-state index is -1.01. The number of rotatable bonds is 4. The van der Waals surface area contributed by atoms with Gasteiger partial charge in [0.1, 0.15) is 5.75 Å². The van der Waals surface area contributed by atoms with Crippen LogP contribution in [0.4, 0.5) is 0 Å². The van der Waals surface area contributed by atoms with E-state index in [0.29, 0.717) is 11.3 Å². The lowest BCUT2D eigenvalue weighted by Gasteiger charge is -2.11. The van der Waals surface area contributed by atoms with Gasteiger partial charge in [0, 0.05) is 0 Å². The predicted octanol–water partition coefficient (Wildman–Crippen LogP) is 3.08. The third-order valence-corrected chi connectivity index (χ3v) is 2.82. The van der Waals surface area contributed by atoms with E-state index in [1.54, 1.807) is 36.4 Å². The molecule has 2 rings (SSSR count). The lowest BCUT2D eigenvalue weighted by Crippen LogP contribution is -2.22.